The van der Waals surface area contributed by atoms with Gasteiger partial charge in [0.15, 0.2) is 6.29 Å². The SMILES string of the molecule is CCCCC/C=C\CCCCCCCCOCC(COC1OC(CO)C(O)C(OS(=O)(=O)O)C1O)OC(=O)CCCCCCC/C=C\CCCCCC. The minimum atomic E-state index is -5.06. The van der Waals surface area contributed by atoms with Crippen LogP contribution in [-0.2, 0) is 38.3 Å². The molecule has 53 heavy (non-hydrogen) atoms. The van der Waals surface area contributed by atoms with Crippen LogP contribution in [0.2, 0.25) is 0 Å². The standard InChI is InChI=1S/C40H74O12S/c1-3-5-7-9-11-13-15-17-19-21-23-25-27-29-36(42)50-34(32-48-30-28-26-24-22-20-18-16-14-12-10-8-6-4-2)33-49-40-38(44)39(52-53(45,46)47)37(43)35(31-41)51-40/h12-15,34-35,37-41,43-44H,3-11,16-33H2,1-2H3,(H,45,46,47)/b14-12-,15-13-. The van der Waals surface area contributed by atoms with Gasteiger partial charge in [0.1, 0.15) is 30.5 Å². The van der Waals surface area contributed by atoms with Crippen LogP contribution >= 0.6 is 0 Å². The van der Waals surface area contributed by atoms with Crippen LogP contribution in [0.3, 0.4) is 0 Å². The van der Waals surface area contributed by atoms with Gasteiger partial charge in [-0.2, -0.15) is 8.42 Å². The quantitative estimate of drug-likeness (QED) is 0.0214. The minimum absolute atomic E-state index is 0.0300. The first-order valence-corrected chi connectivity index (χ1v) is 22.0. The summed E-state index contributed by atoms with van der Waals surface area (Å²) in [6.07, 6.45) is 25.0. The van der Waals surface area contributed by atoms with Crippen molar-refractivity contribution in [2.24, 2.45) is 0 Å². The fourth-order valence-corrected chi connectivity index (χ4v) is 6.64. The van der Waals surface area contributed by atoms with E-state index in [9.17, 15) is 28.5 Å². The molecule has 0 aromatic rings. The molecule has 0 radical (unpaired) electrons. The van der Waals surface area contributed by atoms with E-state index in [4.69, 9.17) is 23.5 Å². The number of esters is 1. The maximum Gasteiger partial charge on any atom is 0.397 e. The zero-order valence-corrected chi connectivity index (χ0v) is 33.6. The second kappa shape index (κ2) is 32.8. The maximum absolute atomic E-state index is 12.8. The van der Waals surface area contributed by atoms with E-state index in [0.29, 0.717) is 13.0 Å². The molecule has 0 bridgehead atoms. The van der Waals surface area contributed by atoms with Crippen molar-refractivity contribution in [1.82, 2.24) is 0 Å². The second-order valence-corrected chi connectivity index (χ2v) is 15.3. The lowest BCUT2D eigenvalue weighted by atomic mass is 9.99. The molecule has 6 unspecified atom stereocenters. The van der Waals surface area contributed by atoms with E-state index in [-0.39, 0.29) is 19.6 Å². The Morgan fingerprint density at radius 2 is 1.19 bits per heavy atom. The first kappa shape index (κ1) is 49.6. The summed E-state index contributed by atoms with van der Waals surface area (Å²) in [6.45, 7) is 3.91. The molecule has 0 saturated carbocycles. The third-order valence-electron chi connectivity index (χ3n) is 9.30. The molecule has 0 aromatic carbocycles. The van der Waals surface area contributed by atoms with Crippen LogP contribution in [0.1, 0.15) is 162 Å². The van der Waals surface area contributed by atoms with Crippen molar-refractivity contribution in [3.8, 4) is 0 Å². The number of carbonyl (C=O) groups is 1. The van der Waals surface area contributed by atoms with E-state index in [1.807, 2.05) is 0 Å². The fourth-order valence-electron chi connectivity index (χ4n) is 6.13. The average molecular weight is 779 g/mol. The van der Waals surface area contributed by atoms with Crippen LogP contribution in [0.4, 0.5) is 0 Å². The van der Waals surface area contributed by atoms with Crippen LogP contribution in [0.25, 0.3) is 0 Å². The topological polar surface area (TPSA) is 178 Å². The first-order valence-electron chi connectivity index (χ1n) is 20.6. The summed E-state index contributed by atoms with van der Waals surface area (Å²) in [4.78, 5) is 12.8. The molecule has 312 valence electrons. The molecule has 1 aliphatic heterocycles. The molecule has 0 amide bonds. The lowest BCUT2D eigenvalue weighted by Crippen LogP contribution is -2.60. The second-order valence-electron chi connectivity index (χ2n) is 14.2. The van der Waals surface area contributed by atoms with Gasteiger partial charge in [-0.15, -0.1) is 0 Å². The molecule has 6 atom stereocenters. The van der Waals surface area contributed by atoms with E-state index >= 15 is 0 Å². The molecule has 1 aliphatic rings. The van der Waals surface area contributed by atoms with Gasteiger partial charge in [-0.3, -0.25) is 9.35 Å². The third-order valence-corrected chi connectivity index (χ3v) is 9.76. The summed E-state index contributed by atoms with van der Waals surface area (Å²) in [5.41, 5.74) is 0. The number of carbonyl (C=O) groups excluding carboxylic acids is 1. The van der Waals surface area contributed by atoms with Crippen molar-refractivity contribution < 1.29 is 56.2 Å². The highest BCUT2D eigenvalue weighted by Crippen LogP contribution is 2.26. The van der Waals surface area contributed by atoms with Gasteiger partial charge >= 0.3 is 16.4 Å². The van der Waals surface area contributed by atoms with Crippen molar-refractivity contribution >= 4 is 16.4 Å². The van der Waals surface area contributed by atoms with Crippen LogP contribution < -0.4 is 0 Å². The predicted molar refractivity (Wildman–Crippen MR) is 207 cm³/mol. The number of ether oxygens (including phenoxy) is 4. The molecule has 1 heterocycles. The summed E-state index contributed by atoms with van der Waals surface area (Å²) in [7, 11) is -5.06. The van der Waals surface area contributed by atoms with Crippen molar-refractivity contribution in [1.29, 1.82) is 0 Å². The number of hydrogen-bond donors (Lipinski definition) is 4. The zero-order valence-electron chi connectivity index (χ0n) is 32.8. The first-order chi connectivity index (χ1) is 25.6. The highest BCUT2D eigenvalue weighted by atomic mass is 32.3. The normalized spacial score (nSPS) is 21.5. The highest BCUT2D eigenvalue weighted by Gasteiger charge is 2.48. The third kappa shape index (κ3) is 26.9. The Kier molecular flexibility index (Phi) is 30.7. The Balaban J connectivity index is 2.50. The smallest absolute Gasteiger partial charge is 0.397 e. The van der Waals surface area contributed by atoms with Gasteiger partial charge < -0.3 is 34.3 Å². The Bertz CT molecular complexity index is 1040. The number of aliphatic hydroxyl groups is 3. The van der Waals surface area contributed by atoms with E-state index in [2.05, 4.69) is 42.3 Å². The van der Waals surface area contributed by atoms with Gasteiger partial charge in [-0.05, 0) is 64.2 Å². The van der Waals surface area contributed by atoms with Gasteiger partial charge in [0.2, 0.25) is 0 Å². The number of hydrogen-bond acceptors (Lipinski definition) is 11. The number of unbranched alkanes of at least 4 members (excludes halogenated alkanes) is 18. The van der Waals surface area contributed by atoms with Crippen LogP contribution in [0.15, 0.2) is 24.3 Å². The van der Waals surface area contributed by atoms with Crippen LogP contribution in [-0.4, -0.2) is 97.5 Å². The Morgan fingerprint density at radius 3 is 1.74 bits per heavy atom. The van der Waals surface area contributed by atoms with Crippen LogP contribution in [0.5, 0.6) is 0 Å². The number of aliphatic hydroxyl groups excluding tert-OH is 3. The highest BCUT2D eigenvalue weighted by molar-refractivity contribution is 7.80. The molecule has 1 saturated heterocycles. The van der Waals surface area contributed by atoms with Crippen molar-refractivity contribution in [2.45, 2.75) is 198 Å². The Hall–Kier alpha value is -1.42. The van der Waals surface area contributed by atoms with E-state index < -0.39 is 59.8 Å². The predicted octanol–water partition coefficient (Wildman–Crippen LogP) is 7.68. The molecular formula is C40H74O12S. The van der Waals surface area contributed by atoms with Crippen molar-refractivity contribution in [3.63, 3.8) is 0 Å². The fraction of sp³-hybridized carbons (Fsp3) is 0.875. The molecule has 1 fully saturated rings. The van der Waals surface area contributed by atoms with E-state index in [1.54, 1.807) is 0 Å². The molecule has 13 heteroatoms. The van der Waals surface area contributed by atoms with Gasteiger partial charge in [0, 0.05) is 13.0 Å². The molecule has 1 rings (SSSR count). The Labute approximate surface area is 321 Å². The molecule has 0 spiro atoms. The minimum Gasteiger partial charge on any atom is -0.457 e. The van der Waals surface area contributed by atoms with Gasteiger partial charge in [0.25, 0.3) is 0 Å². The van der Waals surface area contributed by atoms with E-state index in [1.165, 1.54) is 70.6 Å². The van der Waals surface area contributed by atoms with Crippen molar-refractivity contribution in [3.05, 3.63) is 24.3 Å². The number of rotatable bonds is 35. The summed E-state index contributed by atoms with van der Waals surface area (Å²) in [5.74, 6) is -0.412. The monoisotopic (exact) mass is 778 g/mol. The zero-order chi connectivity index (χ0) is 39.0. The molecule has 4 N–H and O–H groups in total. The Morgan fingerprint density at radius 1 is 0.698 bits per heavy atom. The summed E-state index contributed by atoms with van der Waals surface area (Å²) in [6, 6.07) is 0. The molecular weight excluding hydrogens is 704 g/mol. The summed E-state index contributed by atoms with van der Waals surface area (Å²) < 4.78 is 58.8. The molecule has 12 nitrogen and oxygen atoms in total. The molecule has 0 aromatic heterocycles. The van der Waals surface area contributed by atoms with Gasteiger partial charge in [-0.25, -0.2) is 4.18 Å². The van der Waals surface area contributed by atoms with Gasteiger partial charge in [-0.1, -0.05) is 115 Å². The van der Waals surface area contributed by atoms with Crippen LogP contribution in [0, 0.1) is 0 Å². The number of allylic oxidation sites excluding steroid dienone is 4. The maximum atomic E-state index is 12.8. The van der Waals surface area contributed by atoms with Crippen molar-refractivity contribution in [2.75, 3.05) is 26.4 Å². The summed E-state index contributed by atoms with van der Waals surface area (Å²) in [5, 5.41) is 30.6. The lowest BCUT2D eigenvalue weighted by Gasteiger charge is -2.41. The van der Waals surface area contributed by atoms with Gasteiger partial charge in [0.05, 0.1) is 19.8 Å². The summed E-state index contributed by atoms with van der Waals surface area (Å²) >= 11 is 0. The lowest BCUT2D eigenvalue weighted by molar-refractivity contribution is -0.301. The van der Waals surface area contributed by atoms with E-state index in [0.717, 1.165) is 64.2 Å². The largest absolute Gasteiger partial charge is 0.457 e. The molecule has 0 aliphatic carbocycles. The average Bonchev–Trinajstić information content (AvgIpc) is 3.12.